The first-order valence-electron chi connectivity index (χ1n) is 10.3. The Bertz CT molecular complexity index is 863. The van der Waals surface area contributed by atoms with Gasteiger partial charge in [-0.05, 0) is 44.0 Å². The van der Waals surface area contributed by atoms with E-state index in [4.69, 9.17) is 9.72 Å². The maximum absolute atomic E-state index is 11.1. The maximum Gasteiger partial charge on any atom is 0.213 e. The molecular weight excluding hydrogens is 348 g/mol. The fraction of sp³-hybridized carbons (Fsp3) is 0.458. The van der Waals surface area contributed by atoms with Crippen LogP contribution in [0.25, 0.3) is 0 Å². The fourth-order valence-corrected chi connectivity index (χ4v) is 4.16. The molecule has 2 aromatic rings. The first kappa shape index (κ1) is 19.0. The number of hydrogen-bond donors (Lipinski definition) is 1. The number of fused-ring (bicyclic) bond motifs is 3. The number of nitrogens with zero attached hydrogens (tertiary/aromatic N) is 2. The van der Waals surface area contributed by atoms with Gasteiger partial charge in [-0.3, -0.25) is 4.90 Å². The summed E-state index contributed by atoms with van der Waals surface area (Å²) in [6, 6.07) is 14.1. The molecule has 1 N–H and O–H groups in total. The smallest absolute Gasteiger partial charge is 0.213 e. The Kier molecular flexibility index (Phi) is 5.66. The average Bonchev–Trinajstić information content (AvgIpc) is 2.73. The number of aromatic nitrogens is 1. The summed E-state index contributed by atoms with van der Waals surface area (Å²) >= 11 is 0. The van der Waals surface area contributed by atoms with E-state index in [1.807, 2.05) is 30.3 Å². The van der Waals surface area contributed by atoms with Crippen LogP contribution in [0.3, 0.4) is 0 Å². The minimum atomic E-state index is -0.905. The number of aliphatic hydroxyl groups is 1. The van der Waals surface area contributed by atoms with Gasteiger partial charge in [-0.25, -0.2) is 4.98 Å². The van der Waals surface area contributed by atoms with Crippen molar-refractivity contribution in [2.45, 2.75) is 38.2 Å². The Morgan fingerprint density at radius 1 is 1.18 bits per heavy atom. The van der Waals surface area contributed by atoms with E-state index in [9.17, 15) is 5.11 Å². The lowest BCUT2D eigenvalue weighted by Crippen LogP contribution is -2.58. The topological polar surface area (TPSA) is 45.6 Å². The molecule has 0 aliphatic carbocycles. The molecule has 3 aliphatic rings. The third-order valence-corrected chi connectivity index (χ3v) is 5.76. The lowest BCUT2D eigenvalue weighted by Gasteiger charge is -2.47. The second-order valence-corrected chi connectivity index (χ2v) is 7.88. The Hall–Kier alpha value is -2.35. The molecule has 4 heterocycles. The lowest BCUT2D eigenvalue weighted by atomic mass is 9.75. The van der Waals surface area contributed by atoms with Crippen molar-refractivity contribution in [2.75, 3.05) is 26.2 Å². The minimum Gasteiger partial charge on any atom is -0.478 e. The van der Waals surface area contributed by atoms with E-state index in [-0.39, 0.29) is 5.92 Å². The summed E-state index contributed by atoms with van der Waals surface area (Å²) in [4.78, 5) is 7.04. The number of hydrogen-bond acceptors (Lipinski definition) is 4. The normalized spacial score (nSPS) is 25.8. The Balaban J connectivity index is 1.62. The molecule has 1 atom stereocenters. The molecule has 3 saturated heterocycles. The van der Waals surface area contributed by atoms with Crippen LogP contribution in [0.4, 0.5) is 0 Å². The van der Waals surface area contributed by atoms with Gasteiger partial charge in [0.15, 0.2) is 0 Å². The summed E-state index contributed by atoms with van der Waals surface area (Å²) in [6.45, 7) is 5.56. The van der Waals surface area contributed by atoms with Crippen molar-refractivity contribution in [3.63, 3.8) is 0 Å². The highest BCUT2D eigenvalue weighted by molar-refractivity contribution is 5.44. The van der Waals surface area contributed by atoms with Gasteiger partial charge >= 0.3 is 0 Å². The highest BCUT2D eigenvalue weighted by Crippen LogP contribution is 2.35. The van der Waals surface area contributed by atoms with Crippen LogP contribution in [0.2, 0.25) is 0 Å². The summed E-state index contributed by atoms with van der Waals surface area (Å²) in [7, 11) is 0. The van der Waals surface area contributed by atoms with Crippen LogP contribution >= 0.6 is 0 Å². The quantitative estimate of drug-likeness (QED) is 0.814. The molecular formula is C24H28N2O2. The molecule has 0 radical (unpaired) electrons. The number of rotatable bonds is 5. The van der Waals surface area contributed by atoms with Gasteiger partial charge in [0.2, 0.25) is 5.88 Å². The summed E-state index contributed by atoms with van der Waals surface area (Å²) in [5.74, 6) is 7.40. The van der Waals surface area contributed by atoms with Gasteiger partial charge in [0.1, 0.15) is 5.60 Å². The highest BCUT2D eigenvalue weighted by Gasteiger charge is 2.44. The molecule has 0 saturated carbocycles. The van der Waals surface area contributed by atoms with Crippen molar-refractivity contribution in [1.82, 2.24) is 9.88 Å². The van der Waals surface area contributed by atoms with Gasteiger partial charge in [0, 0.05) is 30.5 Å². The maximum atomic E-state index is 11.1. The van der Waals surface area contributed by atoms with Crippen molar-refractivity contribution in [1.29, 1.82) is 0 Å². The second-order valence-electron chi connectivity index (χ2n) is 7.88. The van der Waals surface area contributed by atoms with Crippen molar-refractivity contribution in [3.05, 3.63) is 59.3 Å². The van der Waals surface area contributed by atoms with Crippen LogP contribution in [0.5, 0.6) is 5.88 Å². The standard InChI is InChI=1S/C24H28N2O2/c1-2-16-28-23-9-8-20(22(25-23)17-19-6-4-3-5-7-19)10-13-24(27)18-26-14-11-21(24)12-15-26/h3-9,21,27H,2,11-12,14-18H2,1H3. The van der Waals surface area contributed by atoms with E-state index in [0.29, 0.717) is 25.5 Å². The van der Waals surface area contributed by atoms with Gasteiger partial charge in [-0.15, -0.1) is 0 Å². The Labute approximate surface area is 167 Å². The molecule has 3 fully saturated rings. The monoisotopic (exact) mass is 376 g/mol. The first-order valence-corrected chi connectivity index (χ1v) is 10.3. The fourth-order valence-electron chi connectivity index (χ4n) is 4.16. The van der Waals surface area contributed by atoms with Crippen LogP contribution in [-0.4, -0.2) is 46.8 Å². The number of pyridine rings is 1. The zero-order valence-corrected chi connectivity index (χ0v) is 16.5. The van der Waals surface area contributed by atoms with E-state index < -0.39 is 5.60 Å². The van der Waals surface area contributed by atoms with E-state index >= 15 is 0 Å². The van der Waals surface area contributed by atoms with E-state index in [1.165, 1.54) is 5.56 Å². The van der Waals surface area contributed by atoms with Crippen molar-refractivity contribution in [3.8, 4) is 17.7 Å². The van der Waals surface area contributed by atoms with Crippen LogP contribution < -0.4 is 4.74 Å². The molecule has 4 heteroatoms. The highest BCUT2D eigenvalue weighted by atomic mass is 16.5. The summed E-state index contributed by atoms with van der Waals surface area (Å²) in [5, 5.41) is 11.1. The largest absolute Gasteiger partial charge is 0.478 e. The zero-order chi connectivity index (χ0) is 19.4. The first-order chi connectivity index (χ1) is 13.7. The Morgan fingerprint density at radius 2 is 1.96 bits per heavy atom. The molecule has 2 bridgehead atoms. The molecule has 5 rings (SSSR count). The van der Waals surface area contributed by atoms with Gasteiger partial charge in [0.05, 0.1) is 12.3 Å². The third kappa shape index (κ3) is 4.22. The summed E-state index contributed by atoms with van der Waals surface area (Å²) < 4.78 is 5.73. The number of benzene rings is 1. The minimum absolute atomic E-state index is 0.280. The zero-order valence-electron chi connectivity index (χ0n) is 16.5. The van der Waals surface area contributed by atoms with E-state index in [0.717, 1.165) is 43.6 Å². The molecule has 1 aromatic carbocycles. The van der Waals surface area contributed by atoms with Gasteiger partial charge in [0.25, 0.3) is 0 Å². The molecule has 4 nitrogen and oxygen atoms in total. The van der Waals surface area contributed by atoms with Gasteiger partial charge < -0.3 is 9.84 Å². The van der Waals surface area contributed by atoms with Crippen LogP contribution in [0, 0.1) is 17.8 Å². The second kappa shape index (κ2) is 8.34. The van der Waals surface area contributed by atoms with Crippen LogP contribution in [0.1, 0.15) is 43.0 Å². The predicted molar refractivity (Wildman–Crippen MR) is 110 cm³/mol. The van der Waals surface area contributed by atoms with Crippen molar-refractivity contribution in [2.24, 2.45) is 5.92 Å². The summed E-state index contributed by atoms with van der Waals surface area (Å²) in [6.07, 6.45) is 3.71. The van der Waals surface area contributed by atoms with E-state index in [2.05, 4.69) is 35.8 Å². The van der Waals surface area contributed by atoms with Gasteiger partial charge in [-0.2, -0.15) is 0 Å². The Morgan fingerprint density at radius 3 is 2.64 bits per heavy atom. The summed E-state index contributed by atoms with van der Waals surface area (Å²) in [5.41, 5.74) is 2.06. The molecule has 28 heavy (non-hydrogen) atoms. The number of piperidine rings is 3. The average molecular weight is 377 g/mol. The predicted octanol–water partition coefficient (Wildman–Crippen LogP) is 3.27. The van der Waals surface area contributed by atoms with Crippen molar-refractivity contribution < 1.29 is 9.84 Å². The lowest BCUT2D eigenvalue weighted by molar-refractivity contribution is -0.0713. The molecule has 146 valence electrons. The molecule has 1 unspecified atom stereocenters. The third-order valence-electron chi connectivity index (χ3n) is 5.76. The number of ether oxygens (including phenoxy) is 1. The molecule has 3 aliphatic heterocycles. The molecule has 0 amide bonds. The SMILES string of the molecule is CCCOc1ccc(C#CC2(O)CN3CCC2CC3)c(Cc2ccccc2)n1. The van der Waals surface area contributed by atoms with Crippen molar-refractivity contribution >= 4 is 0 Å². The van der Waals surface area contributed by atoms with Crippen LogP contribution in [0.15, 0.2) is 42.5 Å². The van der Waals surface area contributed by atoms with E-state index in [1.54, 1.807) is 0 Å². The molecule has 0 spiro atoms. The van der Waals surface area contributed by atoms with Crippen LogP contribution in [-0.2, 0) is 6.42 Å². The van der Waals surface area contributed by atoms with Gasteiger partial charge in [-0.1, -0.05) is 49.1 Å². The molecule has 1 aromatic heterocycles.